The third kappa shape index (κ3) is 33.8. The Morgan fingerprint density at radius 3 is 2.02 bits per heavy atom. The zero-order chi connectivity index (χ0) is 32.9. The molecule has 0 bridgehead atoms. The number of hydrogen-bond donors (Lipinski definition) is 0. The van der Waals surface area contributed by atoms with Crippen LogP contribution in [0.1, 0.15) is 131 Å². The highest BCUT2D eigenvalue weighted by molar-refractivity contribution is 7.97. The van der Waals surface area contributed by atoms with Crippen LogP contribution in [0.2, 0.25) is 0 Å². The van der Waals surface area contributed by atoms with E-state index in [0.29, 0.717) is 0 Å². The van der Waals surface area contributed by atoms with Crippen LogP contribution in [-0.2, 0) is 11.2 Å². The molecule has 240 valence electrons. The van der Waals surface area contributed by atoms with E-state index in [9.17, 15) is 0 Å². The molecule has 42 heavy (non-hydrogen) atoms. The molecule has 1 fully saturated rings. The van der Waals surface area contributed by atoms with Gasteiger partial charge in [0, 0.05) is 18.4 Å². The minimum Gasteiger partial charge on any atom is -0.450 e. The Kier molecular flexibility index (Phi) is 45.2. The van der Waals surface area contributed by atoms with Gasteiger partial charge in [-0.3, -0.25) is 0 Å². The standard InChI is InChI=1S/C14H28.C9H15NS.C9H12.C3H4O.C2H6.C2H2/c1-3-5-10-13(9-4-2)14-11-7-6-8-12-14;1-5-6-8(2)7-9(3)10-11-4;1-2-6-9-7-4-3-5-8-9;1-3-4-2;2*1-2/h13-14H,3-12H2,1-2H3;5-6H,1,7H2,2-4H3;3-5,7-8H,2,6H2,1H3;1H,2H3;1-2H3;1-2H/b;8-6-,10-9-;;;;. The summed E-state index contributed by atoms with van der Waals surface area (Å²) in [5.74, 6) is 2.16. The van der Waals surface area contributed by atoms with Gasteiger partial charge in [0.05, 0.1) is 7.11 Å². The van der Waals surface area contributed by atoms with E-state index in [2.05, 4.69) is 93.0 Å². The number of nitrogens with zero attached hydrogens (tertiary/aromatic N) is 1. The number of methoxy groups -OCH3 is 1. The summed E-state index contributed by atoms with van der Waals surface area (Å²) >= 11 is 1.50. The minimum absolute atomic E-state index is 0.951. The SMILES string of the molecule is C#C.C#COC.C=C/C=C(/C)C/C(C)=N\SC.CC.CCCCC(CCC)C1CCCCC1.CCCc1ccccc1. The Balaban J connectivity index is -0.000000233. The number of terminal acetylenes is 2. The summed E-state index contributed by atoms with van der Waals surface area (Å²) in [5.41, 5.74) is 3.91. The quantitative estimate of drug-likeness (QED) is 0.103. The van der Waals surface area contributed by atoms with Gasteiger partial charge in [-0.15, -0.1) is 12.8 Å². The average Bonchev–Trinajstić information content (AvgIpc) is 3.03. The van der Waals surface area contributed by atoms with Crippen LogP contribution in [0.3, 0.4) is 0 Å². The minimum atomic E-state index is 0.951. The van der Waals surface area contributed by atoms with Gasteiger partial charge < -0.3 is 4.74 Å². The summed E-state index contributed by atoms with van der Waals surface area (Å²) in [4.78, 5) is 0. The summed E-state index contributed by atoms with van der Waals surface area (Å²) in [5, 5.41) is 0. The van der Waals surface area contributed by atoms with Crippen molar-refractivity contribution in [2.24, 2.45) is 16.2 Å². The second-order valence-corrected chi connectivity index (χ2v) is 10.6. The van der Waals surface area contributed by atoms with Gasteiger partial charge in [-0.25, -0.2) is 4.40 Å². The maximum atomic E-state index is 4.56. The molecule has 2 rings (SSSR count). The Bertz CT molecular complexity index is 782. The van der Waals surface area contributed by atoms with Gasteiger partial charge in [-0.1, -0.05) is 166 Å². The molecule has 2 nitrogen and oxygen atoms in total. The summed E-state index contributed by atoms with van der Waals surface area (Å²) in [6.07, 6.45) is 38.5. The van der Waals surface area contributed by atoms with E-state index < -0.39 is 0 Å². The van der Waals surface area contributed by atoms with Crippen molar-refractivity contribution in [3.8, 4) is 25.4 Å². The van der Waals surface area contributed by atoms with E-state index in [1.165, 1.54) is 107 Å². The van der Waals surface area contributed by atoms with E-state index in [4.69, 9.17) is 0 Å². The summed E-state index contributed by atoms with van der Waals surface area (Å²) in [6.45, 7) is 18.6. The van der Waals surface area contributed by atoms with Crippen molar-refractivity contribution in [2.75, 3.05) is 13.4 Å². The van der Waals surface area contributed by atoms with Gasteiger partial charge in [0.2, 0.25) is 0 Å². The first kappa shape index (κ1) is 46.6. The number of rotatable bonds is 12. The fourth-order valence-electron chi connectivity index (χ4n) is 4.84. The van der Waals surface area contributed by atoms with E-state index >= 15 is 0 Å². The number of hydrogen-bond acceptors (Lipinski definition) is 3. The van der Waals surface area contributed by atoms with Crippen molar-refractivity contribution >= 4 is 17.7 Å². The zero-order valence-corrected chi connectivity index (χ0v) is 29.9. The molecule has 1 atom stereocenters. The van der Waals surface area contributed by atoms with Gasteiger partial charge >= 0.3 is 0 Å². The van der Waals surface area contributed by atoms with Crippen LogP contribution in [0, 0.1) is 37.2 Å². The average molecular weight is 598 g/mol. The molecule has 1 aromatic carbocycles. The smallest absolute Gasteiger partial charge is 0.106 e. The summed E-state index contributed by atoms with van der Waals surface area (Å²) in [6, 6.07) is 10.6. The Hall–Kier alpha value is -2.36. The first-order valence-corrected chi connectivity index (χ1v) is 17.3. The third-order valence-electron chi connectivity index (χ3n) is 6.59. The van der Waals surface area contributed by atoms with E-state index in [1.54, 1.807) is 0 Å². The predicted molar refractivity (Wildman–Crippen MR) is 197 cm³/mol. The molecule has 1 aromatic rings. The molecular weight excluding hydrogens is 531 g/mol. The second kappa shape index (κ2) is 40.8. The van der Waals surface area contributed by atoms with Gasteiger partial charge in [0.25, 0.3) is 0 Å². The summed E-state index contributed by atoms with van der Waals surface area (Å²) < 4.78 is 8.27. The van der Waals surface area contributed by atoms with Crippen molar-refractivity contribution in [3.63, 3.8) is 0 Å². The molecule has 0 N–H and O–H groups in total. The van der Waals surface area contributed by atoms with Gasteiger partial charge in [0.15, 0.2) is 0 Å². The number of ether oxygens (including phenoxy) is 1. The van der Waals surface area contributed by atoms with Crippen LogP contribution in [0.15, 0.2) is 59.0 Å². The zero-order valence-electron chi connectivity index (χ0n) is 29.1. The van der Waals surface area contributed by atoms with Gasteiger partial charge in [-0.2, -0.15) is 0 Å². The van der Waals surface area contributed by atoms with E-state index in [-0.39, 0.29) is 0 Å². The molecule has 1 aliphatic carbocycles. The van der Waals surface area contributed by atoms with Crippen LogP contribution >= 0.6 is 11.9 Å². The molecule has 0 aliphatic heterocycles. The molecule has 1 saturated carbocycles. The first-order chi connectivity index (χ1) is 20.4. The molecule has 1 unspecified atom stereocenters. The third-order valence-corrected chi connectivity index (χ3v) is 7.08. The number of aryl methyl sites for hydroxylation is 1. The first-order valence-electron chi connectivity index (χ1n) is 16.1. The van der Waals surface area contributed by atoms with E-state index in [0.717, 1.165) is 24.0 Å². The monoisotopic (exact) mass is 597 g/mol. The molecule has 0 spiro atoms. The molecule has 0 heterocycles. The van der Waals surface area contributed by atoms with Crippen molar-refractivity contribution < 1.29 is 4.74 Å². The normalized spacial score (nSPS) is 13.1. The van der Waals surface area contributed by atoms with Crippen LogP contribution in [-0.4, -0.2) is 19.1 Å². The molecule has 0 radical (unpaired) electrons. The lowest BCUT2D eigenvalue weighted by Gasteiger charge is -2.30. The fraction of sp³-hybridized carbons (Fsp3) is 0.615. The van der Waals surface area contributed by atoms with Crippen molar-refractivity contribution in [3.05, 3.63) is 60.2 Å². The number of allylic oxidation sites excluding steroid dienone is 3. The molecule has 3 heteroatoms. The van der Waals surface area contributed by atoms with Crippen LogP contribution in [0.25, 0.3) is 0 Å². The Morgan fingerprint density at radius 1 is 1.02 bits per heavy atom. The number of unbranched alkanes of at least 4 members (excludes halogenated alkanes) is 1. The maximum Gasteiger partial charge on any atom is 0.106 e. The largest absolute Gasteiger partial charge is 0.450 e. The Labute approximate surface area is 268 Å². The van der Waals surface area contributed by atoms with E-state index in [1.807, 2.05) is 45.3 Å². The van der Waals surface area contributed by atoms with Crippen LogP contribution in [0.5, 0.6) is 0 Å². The molecule has 1 aliphatic rings. The van der Waals surface area contributed by atoms with Crippen molar-refractivity contribution in [1.82, 2.24) is 0 Å². The second-order valence-electron chi connectivity index (χ2n) is 10.1. The maximum absolute atomic E-state index is 4.56. The highest BCUT2D eigenvalue weighted by Crippen LogP contribution is 2.35. The van der Waals surface area contributed by atoms with Gasteiger partial charge in [0.1, 0.15) is 6.11 Å². The molecule has 0 amide bonds. The highest BCUT2D eigenvalue weighted by atomic mass is 32.2. The Morgan fingerprint density at radius 2 is 1.60 bits per heavy atom. The lowest BCUT2D eigenvalue weighted by Crippen LogP contribution is -2.17. The molecular formula is C39H67NOS. The topological polar surface area (TPSA) is 21.6 Å². The molecule has 0 saturated heterocycles. The van der Waals surface area contributed by atoms with Gasteiger partial charge in [-0.05, 0) is 49.6 Å². The van der Waals surface area contributed by atoms with Crippen molar-refractivity contribution in [2.45, 2.75) is 132 Å². The number of benzene rings is 1. The van der Waals surface area contributed by atoms with Crippen molar-refractivity contribution in [1.29, 1.82) is 0 Å². The summed E-state index contributed by atoms with van der Waals surface area (Å²) in [7, 11) is 1.44. The highest BCUT2D eigenvalue weighted by Gasteiger charge is 2.22. The van der Waals surface area contributed by atoms with Crippen LogP contribution < -0.4 is 0 Å². The lowest BCUT2D eigenvalue weighted by molar-refractivity contribution is 0.219. The predicted octanol–water partition coefficient (Wildman–Crippen LogP) is 12.6. The fourth-order valence-corrected chi connectivity index (χ4v) is 5.22. The lowest BCUT2D eigenvalue weighted by atomic mass is 9.76. The van der Waals surface area contributed by atoms with Crippen LogP contribution in [0.4, 0.5) is 0 Å². The molecule has 0 aromatic heterocycles.